The van der Waals surface area contributed by atoms with Gasteiger partial charge in [-0.3, -0.25) is 14.4 Å². The molecule has 0 spiro atoms. The molecule has 28 heavy (non-hydrogen) atoms. The van der Waals surface area contributed by atoms with E-state index >= 15 is 0 Å². The summed E-state index contributed by atoms with van der Waals surface area (Å²) in [7, 11) is 0. The Kier molecular flexibility index (Phi) is 4.84. The predicted molar refractivity (Wildman–Crippen MR) is 100.0 cm³/mol. The van der Waals surface area contributed by atoms with Crippen LogP contribution in [-0.2, 0) is 16.1 Å². The Balaban J connectivity index is 1.30. The van der Waals surface area contributed by atoms with E-state index in [-0.39, 0.29) is 37.4 Å². The van der Waals surface area contributed by atoms with Crippen LogP contribution in [-0.4, -0.2) is 30.6 Å². The molecule has 0 bridgehead atoms. The number of fused-ring (bicyclic) bond motifs is 2. The second-order valence-electron chi connectivity index (χ2n) is 6.56. The van der Waals surface area contributed by atoms with Crippen molar-refractivity contribution in [2.75, 3.05) is 12.1 Å². The van der Waals surface area contributed by atoms with E-state index in [1.54, 1.807) is 30.3 Å². The lowest BCUT2D eigenvalue weighted by molar-refractivity contribution is -0.122. The molecule has 0 aliphatic carbocycles. The zero-order valence-electron chi connectivity index (χ0n) is 15.0. The molecule has 0 saturated heterocycles. The van der Waals surface area contributed by atoms with Gasteiger partial charge in [0.05, 0.1) is 11.3 Å². The summed E-state index contributed by atoms with van der Waals surface area (Å²) in [4.78, 5) is 36.8. The first-order chi connectivity index (χ1) is 13.6. The Bertz CT molecular complexity index is 943. The fourth-order valence-corrected chi connectivity index (χ4v) is 3.13. The second kappa shape index (κ2) is 7.59. The quantitative estimate of drug-likeness (QED) is 0.729. The maximum atomic E-state index is 12.3. The molecular formula is C20H19N3O5. The van der Waals surface area contributed by atoms with Gasteiger partial charge >= 0.3 is 0 Å². The molecule has 8 heteroatoms. The first kappa shape index (κ1) is 17.8. The summed E-state index contributed by atoms with van der Waals surface area (Å²) in [6.07, 6.45) is 0.317. The fraction of sp³-hybridized carbons (Fsp3) is 0.250. The van der Waals surface area contributed by atoms with Crippen molar-refractivity contribution in [1.29, 1.82) is 0 Å². The first-order valence-electron chi connectivity index (χ1n) is 8.96. The van der Waals surface area contributed by atoms with Crippen molar-refractivity contribution < 1.29 is 23.9 Å². The van der Waals surface area contributed by atoms with Crippen LogP contribution >= 0.6 is 0 Å². The number of para-hydroxylation sites is 1. The van der Waals surface area contributed by atoms with Gasteiger partial charge in [0.2, 0.25) is 18.6 Å². The van der Waals surface area contributed by atoms with Gasteiger partial charge in [-0.05, 0) is 36.2 Å². The molecule has 3 amide bonds. The van der Waals surface area contributed by atoms with Crippen LogP contribution in [0, 0.1) is 0 Å². The number of carbonyl (C=O) groups excluding carboxylic acids is 3. The van der Waals surface area contributed by atoms with Gasteiger partial charge < -0.3 is 25.4 Å². The predicted octanol–water partition coefficient (Wildman–Crippen LogP) is 1.56. The largest absolute Gasteiger partial charge is 0.454 e. The number of ether oxygens (including phenoxy) is 2. The lowest BCUT2D eigenvalue weighted by Gasteiger charge is -2.14. The highest BCUT2D eigenvalue weighted by Gasteiger charge is 2.27. The molecule has 2 aliphatic rings. The van der Waals surface area contributed by atoms with Crippen LogP contribution in [0.4, 0.5) is 5.69 Å². The van der Waals surface area contributed by atoms with E-state index in [0.29, 0.717) is 29.3 Å². The molecule has 0 saturated carbocycles. The number of amides is 3. The van der Waals surface area contributed by atoms with Gasteiger partial charge in [0.25, 0.3) is 5.91 Å². The Morgan fingerprint density at radius 2 is 1.93 bits per heavy atom. The van der Waals surface area contributed by atoms with Gasteiger partial charge in [-0.2, -0.15) is 0 Å². The van der Waals surface area contributed by atoms with E-state index in [2.05, 4.69) is 16.0 Å². The lowest BCUT2D eigenvalue weighted by Crippen LogP contribution is -2.42. The third kappa shape index (κ3) is 3.75. The summed E-state index contributed by atoms with van der Waals surface area (Å²) in [5, 5.41) is 8.22. The first-order valence-corrected chi connectivity index (χ1v) is 8.96. The SMILES string of the molecule is O=C(CC[C@@H]1NC(=O)c2ccccc2NC1=O)NCc1ccc2c(c1)OCO2. The van der Waals surface area contributed by atoms with Crippen molar-refractivity contribution in [2.24, 2.45) is 0 Å². The Labute approximate surface area is 161 Å². The molecule has 3 N–H and O–H groups in total. The van der Waals surface area contributed by atoms with E-state index in [9.17, 15) is 14.4 Å². The monoisotopic (exact) mass is 381 g/mol. The Morgan fingerprint density at radius 3 is 2.82 bits per heavy atom. The van der Waals surface area contributed by atoms with E-state index in [1.165, 1.54) is 0 Å². The molecular weight excluding hydrogens is 362 g/mol. The minimum atomic E-state index is -0.767. The van der Waals surface area contributed by atoms with Crippen molar-refractivity contribution in [1.82, 2.24) is 10.6 Å². The van der Waals surface area contributed by atoms with Crippen molar-refractivity contribution in [2.45, 2.75) is 25.4 Å². The summed E-state index contributed by atoms with van der Waals surface area (Å²) in [5.74, 6) is 0.471. The number of hydrogen-bond acceptors (Lipinski definition) is 5. The number of anilines is 1. The zero-order chi connectivity index (χ0) is 19.5. The van der Waals surface area contributed by atoms with Gasteiger partial charge in [-0.25, -0.2) is 0 Å². The molecule has 2 aromatic carbocycles. The summed E-state index contributed by atoms with van der Waals surface area (Å²) in [6, 6.07) is 11.5. The normalized spacial score (nSPS) is 17.2. The average molecular weight is 381 g/mol. The minimum Gasteiger partial charge on any atom is -0.454 e. The van der Waals surface area contributed by atoms with Crippen molar-refractivity contribution in [3.05, 3.63) is 53.6 Å². The van der Waals surface area contributed by atoms with Crippen LogP contribution in [0.2, 0.25) is 0 Å². The highest BCUT2D eigenvalue weighted by molar-refractivity contribution is 6.09. The van der Waals surface area contributed by atoms with Gasteiger partial charge in [0, 0.05) is 13.0 Å². The van der Waals surface area contributed by atoms with Crippen molar-refractivity contribution in [3.8, 4) is 11.5 Å². The van der Waals surface area contributed by atoms with Gasteiger partial charge in [0.15, 0.2) is 11.5 Å². The average Bonchev–Trinajstić information content (AvgIpc) is 3.13. The van der Waals surface area contributed by atoms with Crippen LogP contribution in [0.25, 0.3) is 0 Å². The van der Waals surface area contributed by atoms with E-state index < -0.39 is 6.04 Å². The minimum absolute atomic E-state index is 0.110. The summed E-state index contributed by atoms with van der Waals surface area (Å²) >= 11 is 0. The number of hydrogen-bond donors (Lipinski definition) is 3. The van der Waals surface area contributed by atoms with E-state index in [4.69, 9.17) is 9.47 Å². The fourth-order valence-electron chi connectivity index (χ4n) is 3.13. The molecule has 0 unspecified atom stereocenters. The molecule has 2 aliphatic heterocycles. The Morgan fingerprint density at radius 1 is 1.11 bits per heavy atom. The highest BCUT2D eigenvalue weighted by atomic mass is 16.7. The number of carbonyl (C=O) groups is 3. The zero-order valence-corrected chi connectivity index (χ0v) is 15.0. The van der Waals surface area contributed by atoms with Crippen molar-refractivity contribution >= 4 is 23.4 Å². The number of rotatable bonds is 5. The van der Waals surface area contributed by atoms with Gasteiger partial charge in [-0.15, -0.1) is 0 Å². The standard InChI is InChI=1S/C20H19N3O5/c24-18(21-10-12-5-7-16-17(9-12)28-11-27-16)8-6-15-20(26)22-14-4-2-1-3-13(14)19(25)23-15/h1-5,7,9,15H,6,8,10-11H2,(H,21,24)(H,22,26)(H,23,25)/t15-/m0/s1. The Hall–Kier alpha value is -3.55. The second-order valence-corrected chi connectivity index (χ2v) is 6.56. The molecule has 0 aromatic heterocycles. The maximum absolute atomic E-state index is 12.3. The van der Waals surface area contributed by atoms with Crippen LogP contribution in [0.3, 0.4) is 0 Å². The molecule has 144 valence electrons. The van der Waals surface area contributed by atoms with Crippen molar-refractivity contribution in [3.63, 3.8) is 0 Å². The smallest absolute Gasteiger partial charge is 0.254 e. The van der Waals surface area contributed by atoms with Gasteiger partial charge in [-0.1, -0.05) is 18.2 Å². The topological polar surface area (TPSA) is 106 Å². The van der Waals surface area contributed by atoms with Crippen LogP contribution in [0.5, 0.6) is 11.5 Å². The highest BCUT2D eigenvalue weighted by Crippen LogP contribution is 2.32. The van der Waals surface area contributed by atoms with Crippen LogP contribution in [0.15, 0.2) is 42.5 Å². The van der Waals surface area contributed by atoms with Crippen LogP contribution < -0.4 is 25.4 Å². The van der Waals surface area contributed by atoms with Gasteiger partial charge in [0.1, 0.15) is 6.04 Å². The lowest BCUT2D eigenvalue weighted by atomic mass is 10.1. The number of nitrogens with one attached hydrogen (secondary N) is 3. The summed E-state index contributed by atoms with van der Waals surface area (Å²) in [5.41, 5.74) is 1.76. The van der Waals surface area contributed by atoms with Crippen LogP contribution in [0.1, 0.15) is 28.8 Å². The van der Waals surface area contributed by atoms with E-state index in [1.807, 2.05) is 12.1 Å². The summed E-state index contributed by atoms with van der Waals surface area (Å²) < 4.78 is 10.6. The molecule has 8 nitrogen and oxygen atoms in total. The van der Waals surface area contributed by atoms with E-state index in [0.717, 1.165) is 5.56 Å². The summed E-state index contributed by atoms with van der Waals surface area (Å²) in [6.45, 7) is 0.536. The third-order valence-corrected chi connectivity index (χ3v) is 4.64. The molecule has 4 rings (SSSR count). The molecule has 0 radical (unpaired) electrons. The number of benzene rings is 2. The maximum Gasteiger partial charge on any atom is 0.254 e. The molecule has 2 heterocycles. The molecule has 2 aromatic rings. The molecule has 0 fully saturated rings. The third-order valence-electron chi connectivity index (χ3n) is 4.64. The molecule has 1 atom stereocenters.